The predicted molar refractivity (Wildman–Crippen MR) is 140 cm³/mol. The minimum absolute atomic E-state index is 0.0825. The van der Waals surface area contributed by atoms with Gasteiger partial charge in [-0.2, -0.15) is 0 Å². The summed E-state index contributed by atoms with van der Waals surface area (Å²) >= 11 is 6.22. The maximum atomic E-state index is 16.0. The van der Waals surface area contributed by atoms with Gasteiger partial charge in [-0.1, -0.05) is 35.9 Å². The second-order valence-corrected chi connectivity index (χ2v) is 10.5. The normalized spacial score (nSPS) is 14.5. The van der Waals surface area contributed by atoms with E-state index in [0.29, 0.717) is 5.39 Å². The van der Waals surface area contributed by atoms with E-state index in [1.54, 1.807) is 37.8 Å². The summed E-state index contributed by atoms with van der Waals surface area (Å²) in [4.78, 5) is 27.8. The molecule has 0 saturated carbocycles. The Labute approximate surface area is 226 Å². The molecule has 0 spiro atoms. The summed E-state index contributed by atoms with van der Waals surface area (Å²) in [7, 11) is 0. The molecule has 0 atom stereocenters. The van der Waals surface area contributed by atoms with Gasteiger partial charge in [0.1, 0.15) is 28.4 Å². The molecule has 0 radical (unpaired) electrons. The van der Waals surface area contributed by atoms with Crippen LogP contribution in [0.25, 0.3) is 32.9 Å². The number of alkyl halides is 2. The van der Waals surface area contributed by atoms with Crippen molar-refractivity contribution >= 4 is 45.2 Å². The molecule has 0 bridgehead atoms. The fourth-order valence-corrected chi connectivity index (χ4v) is 4.79. The largest absolute Gasteiger partial charge is 0.444 e. The molecule has 1 fully saturated rings. The zero-order chi connectivity index (χ0) is 28.1. The van der Waals surface area contributed by atoms with Crippen LogP contribution in [0.2, 0.25) is 5.02 Å². The van der Waals surface area contributed by atoms with Gasteiger partial charge in [0, 0.05) is 43.3 Å². The third kappa shape index (κ3) is 5.15. The van der Waals surface area contributed by atoms with Gasteiger partial charge >= 0.3 is 6.09 Å². The molecular weight excluding hydrogens is 538 g/mol. The van der Waals surface area contributed by atoms with Gasteiger partial charge in [0.25, 0.3) is 6.43 Å². The molecule has 5 rings (SSSR count). The Morgan fingerprint density at radius 3 is 2.44 bits per heavy atom. The van der Waals surface area contributed by atoms with Crippen LogP contribution in [0.1, 0.15) is 33.0 Å². The first-order valence-corrected chi connectivity index (χ1v) is 12.6. The third-order valence-electron chi connectivity index (χ3n) is 6.30. The summed E-state index contributed by atoms with van der Waals surface area (Å²) < 4.78 is 63.3. The summed E-state index contributed by atoms with van der Waals surface area (Å²) in [5, 5.41) is 0.721. The number of anilines is 1. The Morgan fingerprint density at radius 1 is 1.05 bits per heavy atom. The number of halogens is 5. The second-order valence-electron chi connectivity index (χ2n) is 10.1. The van der Waals surface area contributed by atoms with Crippen LogP contribution < -0.4 is 4.90 Å². The summed E-state index contributed by atoms with van der Waals surface area (Å²) in [5.74, 6) is -2.41. The van der Waals surface area contributed by atoms with Gasteiger partial charge in [-0.25, -0.2) is 32.3 Å². The van der Waals surface area contributed by atoms with Gasteiger partial charge in [-0.3, -0.25) is 4.98 Å². The van der Waals surface area contributed by atoms with Crippen LogP contribution in [-0.4, -0.2) is 57.7 Å². The number of aromatic nitrogens is 3. The van der Waals surface area contributed by atoms with Crippen molar-refractivity contribution in [2.45, 2.75) is 32.8 Å². The van der Waals surface area contributed by atoms with Crippen LogP contribution in [0.5, 0.6) is 0 Å². The first-order chi connectivity index (χ1) is 18.4. The smallest absolute Gasteiger partial charge is 0.410 e. The van der Waals surface area contributed by atoms with Crippen molar-refractivity contribution in [3.05, 3.63) is 59.0 Å². The summed E-state index contributed by atoms with van der Waals surface area (Å²) in [6.45, 7) is 6.28. The minimum Gasteiger partial charge on any atom is -0.444 e. The minimum atomic E-state index is -3.06. The van der Waals surface area contributed by atoms with Gasteiger partial charge in [0.2, 0.25) is 0 Å². The number of carbonyl (C=O) groups is 1. The van der Waals surface area contributed by atoms with Crippen LogP contribution in [-0.2, 0) is 4.74 Å². The number of piperazine rings is 1. The van der Waals surface area contributed by atoms with Crippen molar-refractivity contribution in [1.82, 2.24) is 19.9 Å². The van der Waals surface area contributed by atoms with E-state index in [1.165, 1.54) is 29.3 Å². The molecule has 2 aromatic carbocycles. The molecule has 4 aromatic rings. The molecule has 0 aliphatic carbocycles. The number of pyridine rings is 1. The van der Waals surface area contributed by atoms with E-state index in [1.807, 2.05) is 0 Å². The lowest BCUT2D eigenvalue weighted by molar-refractivity contribution is 0.0240. The van der Waals surface area contributed by atoms with E-state index in [9.17, 15) is 18.0 Å². The lowest BCUT2D eigenvalue weighted by Crippen LogP contribution is -2.50. The number of amides is 1. The van der Waals surface area contributed by atoms with Gasteiger partial charge in [-0.15, -0.1) is 0 Å². The zero-order valence-electron chi connectivity index (χ0n) is 21.3. The molecule has 1 aliphatic rings. The molecular formula is C27H24ClF4N5O2. The van der Waals surface area contributed by atoms with E-state index < -0.39 is 35.6 Å². The molecule has 204 valence electrons. The number of benzene rings is 2. The monoisotopic (exact) mass is 561 g/mol. The fourth-order valence-electron chi connectivity index (χ4n) is 4.52. The highest BCUT2D eigenvalue weighted by molar-refractivity contribution is 6.36. The Hall–Kier alpha value is -3.73. The molecule has 7 nitrogen and oxygen atoms in total. The number of nitrogens with zero attached hydrogens (tertiary/aromatic N) is 5. The van der Waals surface area contributed by atoms with E-state index in [4.69, 9.17) is 16.3 Å². The molecule has 0 N–H and O–H groups in total. The highest BCUT2D eigenvalue weighted by atomic mass is 35.5. The second kappa shape index (κ2) is 10.1. The van der Waals surface area contributed by atoms with Crippen LogP contribution in [0.4, 0.5) is 28.2 Å². The number of rotatable bonds is 3. The molecule has 1 aliphatic heterocycles. The summed E-state index contributed by atoms with van der Waals surface area (Å²) in [6.07, 6.45) is -2.23. The zero-order valence-corrected chi connectivity index (χ0v) is 22.1. The highest BCUT2D eigenvalue weighted by Crippen LogP contribution is 2.38. The predicted octanol–water partition coefficient (Wildman–Crippen LogP) is 6.77. The maximum absolute atomic E-state index is 16.0. The molecule has 1 saturated heterocycles. The highest BCUT2D eigenvalue weighted by Gasteiger charge is 2.29. The molecule has 3 heterocycles. The molecule has 39 heavy (non-hydrogen) atoms. The SMILES string of the molecule is CC(C)(C)OC(=O)N1CCN(c2nc(C(F)F)nc3c(F)c(-c4cccc5ccc(F)c(Cl)c45)ncc23)CC1. The fraction of sp³-hybridized carbons (Fsp3) is 0.333. The molecule has 12 heteroatoms. The first-order valence-electron chi connectivity index (χ1n) is 12.2. The van der Waals surface area contributed by atoms with Gasteiger partial charge in [0.05, 0.1) is 10.4 Å². The maximum Gasteiger partial charge on any atom is 0.410 e. The standard InChI is InChI=1S/C27H24ClF4N5O2/c1-27(2,3)39-26(38)37-11-9-36(10-12-37)25-16-13-33-21(20(30)22(16)34-24(35-25)23(31)32)15-6-4-5-14-7-8-17(29)19(28)18(14)15/h4-8,13,23H,9-12H2,1-3H3. The van der Waals surface area contributed by atoms with Crippen molar-refractivity contribution < 1.29 is 27.1 Å². The molecule has 2 aromatic heterocycles. The number of hydrogen-bond donors (Lipinski definition) is 0. The average molecular weight is 562 g/mol. The van der Waals surface area contributed by atoms with E-state index in [-0.39, 0.29) is 64.6 Å². The average Bonchev–Trinajstić information content (AvgIpc) is 2.89. The van der Waals surface area contributed by atoms with Gasteiger partial charge in [0.15, 0.2) is 11.6 Å². The van der Waals surface area contributed by atoms with E-state index in [0.717, 1.165) is 0 Å². The number of fused-ring (bicyclic) bond motifs is 2. The Kier molecular flexibility index (Phi) is 6.96. The number of ether oxygens (including phenoxy) is 1. The number of carbonyl (C=O) groups excluding carboxylic acids is 1. The lowest BCUT2D eigenvalue weighted by atomic mass is 10.0. The van der Waals surface area contributed by atoms with Gasteiger partial charge in [-0.05, 0) is 32.2 Å². The summed E-state index contributed by atoms with van der Waals surface area (Å²) in [5.41, 5.74) is -1.02. The third-order valence-corrected chi connectivity index (χ3v) is 6.67. The van der Waals surface area contributed by atoms with Crippen molar-refractivity contribution in [1.29, 1.82) is 0 Å². The van der Waals surface area contributed by atoms with E-state index in [2.05, 4.69) is 15.0 Å². The Bertz CT molecular complexity index is 1590. The van der Waals surface area contributed by atoms with Crippen molar-refractivity contribution in [3.8, 4) is 11.3 Å². The Morgan fingerprint density at radius 2 is 1.77 bits per heavy atom. The van der Waals surface area contributed by atoms with Gasteiger partial charge < -0.3 is 14.5 Å². The number of hydrogen-bond acceptors (Lipinski definition) is 6. The van der Waals surface area contributed by atoms with Crippen molar-refractivity contribution in [2.75, 3.05) is 31.1 Å². The Balaban J connectivity index is 1.57. The van der Waals surface area contributed by atoms with E-state index >= 15 is 4.39 Å². The van der Waals surface area contributed by atoms with Crippen LogP contribution in [0.15, 0.2) is 36.5 Å². The topological polar surface area (TPSA) is 71.5 Å². The first kappa shape index (κ1) is 26.9. The lowest BCUT2D eigenvalue weighted by Gasteiger charge is -2.36. The van der Waals surface area contributed by atoms with Crippen LogP contribution in [0.3, 0.4) is 0 Å². The van der Waals surface area contributed by atoms with Crippen molar-refractivity contribution in [2.24, 2.45) is 0 Å². The molecule has 1 amide bonds. The summed E-state index contributed by atoms with van der Waals surface area (Å²) in [6, 6.07) is 7.56. The van der Waals surface area contributed by atoms with Crippen molar-refractivity contribution in [3.63, 3.8) is 0 Å². The van der Waals surface area contributed by atoms with Crippen LogP contribution in [0, 0.1) is 11.6 Å². The molecule has 0 unspecified atom stereocenters. The van der Waals surface area contributed by atoms with Crippen LogP contribution >= 0.6 is 11.6 Å². The quantitative estimate of drug-likeness (QED) is 0.257.